The largest absolute Gasteiger partial charge is 0.416 e. The minimum atomic E-state index is -4.43. The Morgan fingerprint density at radius 2 is 0.973 bits per heavy atom. The summed E-state index contributed by atoms with van der Waals surface area (Å²) in [6.45, 7) is 3.86. The van der Waals surface area contributed by atoms with Gasteiger partial charge in [-0.15, -0.1) is 0 Å². The fourth-order valence-corrected chi connectivity index (χ4v) is 9.03. The monoisotopic (exact) mass is 1050 g/mol. The molecule has 364 valence electrons. The van der Waals surface area contributed by atoms with Crippen molar-refractivity contribution in [3.8, 4) is 45.3 Å². The average molecular weight is 1050 g/mol. The molecular formula is C60H44BrF4N9. The van der Waals surface area contributed by atoms with E-state index in [1.165, 1.54) is 23.6 Å². The molecule has 0 aliphatic rings. The molecule has 0 atom stereocenters. The van der Waals surface area contributed by atoms with E-state index in [4.69, 9.17) is 15.0 Å². The molecule has 7 heterocycles. The highest BCUT2D eigenvalue weighted by atomic mass is 79.9. The summed E-state index contributed by atoms with van der Waals surface area (Å²) in [5.74, 6) is 0.947. The first kappa shape index (κ1) is 48.9. The number of hydrogen-bond acceptors (Lipinski definition) is 7. The van der Waals surface area contributed by atoms with E-state index < -0.39 is 11.7 Å². The van der Waals surface area contributed by atoms with E-state index in [1.807, 2.05) is 135 Å². The van der Waals surface area contributed by atoms with Crippen molar-refractivity contribution >= 4 is 48.6 Å². The summed E-state index contributed by atoms with van der Waals surface area (Å²) in [5, 5.41) is 3.20. The first-order valence-electron chi connectivity index (χ1n) is 23.6. The third kappa shape index (κ3) is 11.3. The Balaban J connectivity index is 0.000000142. The van der Waals surface area contributed by atoms with E-state index >= 15 is 0 Å². The molecule has 2 N–H and O–H groups in total. The zero-order chi connectivity index (χ0) is 51.2. The van der Waals surface area contributed by atoms with Crippen LogP contribution in [-0.4, -0.2) is 44.9 Å². The summed E-state index contributed by atoms with van der Waals surface area (Å²) >= 11 is 3.26. The van der Waals surface area contributed by atoms with Crippen LogP contribution in [0.5, 0.6) is 0 Å². The lowest BCUT2D eigenvalue weighted by Gasteiger charge is -2.11. The number of aromatic nitrogens is 9. The molecule has 12 aromatic rings. The van der Waals surface area contributed by atoms with Crippen molar-refractivity contribution < 1.29 is 17.6 Å². The van der Waals surface area contributed by atoms with Crippen LogP contribution in [0.15, 0.2) is 199 Å². The van der Waals surface area contributed by atoms with Gasteiger partial charge in [0, 0.05) is 70.1 Å². The Morgan fingerprint density at radius 1 is 0.473 bits per heavy atom. The lowest BCUT2D eigenvalue weighted by Crippen LogP contribution is -2.09. The number of hydrogen-bond donors (Lipinski definition) is 2. The number of nitrogens with one attached hydrogen (secondary N) is 2. The van der Waals surface area contributed by atoms with Crippen LogP contribution in [-0.2, 0) is 19.0 Å². The smallest absolute Gasteiger partial charge is 0.340 e. The van der Waals surface area contributed by atoms with Crippen LogP contribution in [0.2, 0.25) is 0 Å². The van der Waals surface area contributed by atoms with Gasteiger partial charge in [0.05, 0.1) is 60.7 Å². The second-order valence-electron chi connectivity index (χ2n) is 17.4. The topological polar surface area (TPSA) is 122 Å². The molecular weight excluding hydrogens is 1000 g/mol. The van der Waals surface area contributed by atoms with Crippen molar-refractivity contribution in [3.63, 3.8) is 0 Å². The van der Waals surface area contributed by atoms with E-state index in [9.17, 15) is 17.6 Å². The number of aryl methyl sites for hydroxylation is 2. The van der Waals surface area contributed by atoms with Crippen LogP contribution in [0.25, 0.3) is 78.0 Å². The van der Waals surface area contributed by atoms with Crippen molar-refractivity contribution in [1.82, 2.24) is 44.9 Å². The Hall–Kier alpha value is -8.75. The van der Waals surface area contributed by atoms with Gasteiger partial charge in [0.25, 0.3) is 0 Å². The zero-order valence-electron chi connectivity index (χ0n) is 39.9. The summed E-state index contributed by atoms with van der Waals surface area (Å²) in [5.41, 5.74) is 11.4. The van der Waals surface area contributed by atoms with Gasteiger partial charge in [-0.1, -0.05) is 84.9 Å². The van der Waals surface area contributed by atoms with Gasteiger partial charge in [-0.05, 0) is 132 Å². The number of para-hydroxylation sites is 1. The molecule has 0 spiro atoms. The van der Waals surface area contributed by atoms with Crippen LogP contribution in [0.3, 0.4) is 0 Å². The molecule has 0 unspecified atom stereocenters. The molecule has 0 amide bonds. The van der Waals surface area contributed by atoms with Crippen molar-refractivity contribution in [3.05, 3.63) is 245 Å². The summed E-state index contributed by atoms with van der Waals surface area (Å²) < 4.78 is 54.6. The standard InChI is InChI=1S/C26H19F3N4.C25H18BrFN4.C9H7N/c1-16-6-4-10-22(31-16)25-24(19-11-12-21-18(14-19)8-5-13-30-21)32-23(33-25)15-17-7-2-3-9-20(17)26(27,28)29;1-15-4-2-6-22(29-15)25-24(18-8-10-21-17(14-18)5-3-11-28-21)30-23(31-25)13-16-7-9-20(27)19(26)12-16;1-2-6-9-8(4-1)5-3-7-10-9/h2-14H,15H2,1H3,(H,32,33);2-12,14H,13H2,1H3,(H,30,31);1-7H. The average Bonchev–Trinajstić information content (AvgIpc) is 4.04. The number of imidazole rings is 2. The minimum Gasteiger partial charge on any atom is -0.340 e. The van der Waals surface area contributed by atoms with Gasteiger partial charge in [-0.2, -0.15) is 13.2 Å². The maximum absolute atomic E-state index is 13.6. The van der Waals surface area contributed by atoms with E-state index in [2.05, 4.69) is 64.0 Å². The van der Waals surface area contributed by atoms with E-state index in [0.29, 0.717) is 33.8 Å². The van der Waals surface area contributed by atoms with Gasteiger partial charge in [0.1, 0.15) is 17.5 Å². The molecule has 0 aliphatic heterocycles. The molecule has 0 saturated heterocycles. The lowest BCUT2D eigenvalue weighted by molar-refractivity contribution is -0.138. The number of nitrogens with zero attached hydrogens (tertiary/aromatic N) is 7. The zero-order valence-corrected chi connectivity index (χ0v) is 41.5. The minimum absolute atomic E-state index is 0.0175. The Bertz CT molecular complexity index is 3880. The van der Waals surface area contributed by atoms with Crippen molar-refractivity contribution in [2.75, 3.05) is 0 Å². The molecule has 0 fully saturated rings. The van der Waals surface area contributed by atoms with Crippen LogP contribution >= 0.6 is 15.9 Å². The van der Waals surface area contributed by atoms with E-state index in [-0.39, 0.29) is 17.8 Å². The summed E-state index contributed by atoms with van der Waals surface area (Å²) in [6, 6.07) is 54.0. The molecule has 14 heteroatoms. The third-order valence-corrected chi connectivity index (χ3v) is 12.7. The number of rotatable bonds is 8. The fourth-order valence-electron chi connectivity index (χ4n) is 8.60. The predicted molar refractivity (Wildman–Crippen MR) is 287 cm³/mol. The summed E-state index contributed by atoms with van der Waals surface area (Å²) in [6.07, 6.45) is 1.46. The maximum Gasteiger partial charge on any atom is 0.416 e. The molecule has 9 nitrogen and oxygen atoms in total. The van der Waals surface area contributed by atoms with E-state index in [0.717, 1.165) is 84.4 Å². The normalized spacial score (nSPS) is 11.3. The summed E-state index contributed by atoms with van der Waals surface area (Å²) in [7, 11) is 0. The van der Waals surface area contributed by atoms with Crippen LogP contribution in [0.4, 0.5) is 17.6 Å². The quantitative estimate of drug-likeness (QED) is 0.145. The van der Waals surface area contributed by atoms with Gasteiger partial charge in [0.15, 0.2) is 0 Å². The molecule has 0 radical (unpaired) electrons. The Morgan fingerprint density at radius 3 is 1.51 bits per heavy atom. The third-order valence-electron chi connectivity index (χ3n) is 12.1. The highest BCUT2D eigenvalue weighted by Crippen LogP contribution is 2.36. The van der Waals surface area contributed by atoms with Gasteiger partial charge in [-0.3, -0.25) is 24.9 Å². The predicted octanol–water partition coefficient (Wildman–Crippen LogP) is 15.3. The van der Waals surface area contributed by atoms with Crippen molar-refractivity contribution in [1.29, 1.82) is 0 Å². The van der Waals surface area contributed by atoms with Crippen LogP contribution in [0, 0.1) is 19.7 Å². The number of aromatic amines is 2. The molecule has 0 aliphatic carbocycles. The Kier molecular flexibility index (Phi) is 14.2. The number of fused-ring (bicyclic) bond motifs is 3. The molecule has 7 aromatic heterocycles. The first-order valence-corrected chi connectivity index (χ1v) is 24.4. The van der Waals surface area contributed by atoms with Crippen LogP contribution in [0.1, 0.15) is 39.7 Å². The lowest BCUT2D eigenvalue weighted by atomic mass is 10.0. The number of H-pyrrole nitrogens is 2. The molecule has 5 aromatic carbocycles. The number of benzene rings is 5. The van der Waals surface area contributed by atoms with Gasteiger partial charge in [0.2, 0.25) is 0 Å². The number of alkyl halides is 3. The van der Waals surface area contributed by atoms with Crippen LogP contribution < -0.4 is 0 Å². The highest BCUT2D eigenvalue weighted by molar-refractivity contribution is 9.10. The van der Waals surface area contributed by atoms with Gasteiger partial charge in [-0.25, -0.2) is 14.4 Å². The SMILES string of the molecule is Cc1cccc(-c2[nH]c(Cc3ccc(F)c(Br)c3)nc2-c2ccc3ncccc3c2)n1.Cc1cccc(-c2[nH]c(Cc3ccccc3C(F)(F)F)nc2-c2ccc3ncccc3c2)n1.c1ccc2ncccc2c1. The molecule has 12 rings (SSSR count). The maximum atomic E-state index is 13.6. The molecule has 0 bridgehead atoms. The number of pyridine rings is 5. The van der Waals surface area contributed by atoms with Gasteiger partial charge < -0.3 is 9.97 Å². The molecule has 74 heavy (non-hydrogen) atoms. The second-order valence-corrected chi connectivity index (χ2v) is 18.3. The van der Waals surface area contributed by atoms with Crippen molar-refractivity contribution in [2.45, 2.75) is 32.9 Å². The number of halogens is 5. The van der Waals surface area contributed by atoms with Crippen molar-refractivity contribution in [2.24, 2.45) is 0 Å². The Labute approximate surface area is 431 Å². The fraction of sp³-hybridized carbons (Fsp3) is 0.0833. The second kappa shape index (κ2) is 21.5. The molecule has 0 saturated carbocycles. The highest BCUT2D eigenvalue weighted by Gasteiger charge is 2.33. The first-order chi connectivity index (χ1) is 35.9. The van der Waals surface area contributed by atoms with Gasteiger partial charge >= 0.3 is 6.18 Å². The van der Waals surface area contributed by atoms with E-state index in [1.54, 1.807) is 30.6 Å². The summed E-state index contributed by atoms with van der Waals surface area (Å²) in [4.78, 5) is 38.6.